The summed E-state index contributed by atoms with van der Waals surface area (Å²) < 4.78 is 10.8. The monoisotopic (exact) mass is 287 g/mol. The highest BCUT2D eigenvalue weighted by atomic mass is 35.5. The molecule has 7 nitrogen and oxygen atoms in total. The molecule has 106 valence electrons. The molecular weight excluding hydrogens is 270 g/mol. The summed E-state index contributed by atoms with van der Waals surface area (Å²) in [5, 5.41) is 6.32. The molecule has 0 amide bonds. The number of nitrogens with one attached hydrogen (secondary N) is 2. The molecule has 0 aromatic carbocycles. The zero-order chi connectivity index (χ0) is 13.5. The zero-order valence-corrected chi connectivity index (χ0v) is 11.6. The van der Waals surface area contributed by atoms with Crippen LogP contribution in [0.25, 0.3) is 0 Å². The van der Waals surface area contributed by atoms with Crippen LogP contribution in [-0.4, -0.2) is 54.0 Å². The van der Waals surface area contributed by atoms with Crippen molar-refractivity contribution in [3.63, 3.8) is 0 Å². The second kappa shape index (κ2) is 7.42. The van der Waals surface area contributed by atoms with Crippen LogP contribution in [0.5, 0.6) is 0 Å². The molecule has 8 heteroatoms. The maximum absolute atomic E-state index is 5.85. The maximum atomic E-state index is 5.85. The van der Waals surface area contributed by atoms with E-state index in [9.17, 15) is 0 Å². The molecule has 2 rings (SSSR count). The Morgan fingerprint density at radius 3 is 2.68 bits per heavy atom. The molecule has 2 N–H and O–H groups in total. The largest absolute Gasteiger partial charge is 0.376 e. The number of halogens is 1. The topological polar surface area (TPSA) is 81.2 Å². The number of aromatic nitrogens is 3. The Morgan fingerprint density at radius 2 is 2.00 bits per heavy atom. The highest BCUT2D eigenvalue weighted by Crippen LogP contribution is 2.10. The number of nitrogens with zero attached hydrogens (tertiary/aromatic N) is 3. The molecule has 1 aliphatic heterocycles. The maximum Gasteiger partial charge on any atom is 0.228 e. The van der Waals surface area contributed by atoms with Crippen LogP contribution in [0.2, 0.25) is 5.28 Å². The normalized spacial score (nSPS) is 19.2. The van der Waals surface area contributed by atoms with Gasteiger partial charge in [-0.05, 0) is 18.0 Å². The molecule has 1 aromatic rings. The van der Waals surface area contributed by atoms with Crippen molar-refractivity contribution in [2.24, 2.45) is 0 Å². The van der Waals surface area contributed by atoms with Crippen LogP contribution in [0, 0.1) is 0 Å². The summed E-state index contributed by atoms with van der Waals surface area (Å²) in [7, 11) is 0. The van der Waals surface area contributed by atoms with Gasteiger partial charge in [-0.25, -0.2) is 0 Å². The van der Waals surface area contributed by atoms with Crippen molar-refractivity contribution in [3.8, 4) is 0 Å². The Hall–Kier alpha value is -1.18. The molecule has 0 radical (unpaired) electrons. The summed E-state index contributed by atoms with van der Waals surface area (Å²) >= 11 is 5.85. The van der Waals surface area contributed by atoms with Gasteiger partial charge in [-0.3, -0.25) is 0 Å². The lowest BCUT2D eigenvalue weighted by molar-refractivity contribution is -0.0819. The molecule has 1 fully saturated rings. The highest BCUT2D eigenvalue weighted by Gasteiger charge is 2.14. The Morgan fingerprint density at radius 1 is 1.21 bits per heavy atom. The lowest BCUT2D eigenvalue weighted by atomic mass is 10.3. The number of hydrogen-bond acceptors (Lipinski definition) is 7. The summed E-state index contributed by atoms with van der Waals surface area (Å²) in [5.41, 5.74) is 0. The van der Waals surface area contributed by atoms with Gasteiger partial charge in [0.1, 0.15) is 0 Å². The zero-order valence-electron chi connectivity index (χ0n) is 10.9. The van der Waals surface area contributed by atoms with Crippen molar-refractivity contribution in [2.45, 2.75) is 19.4 Å². The molecule has 0 saturated carbocycles. The Balaban J connectivity index is 1.89. The quantitative estimate of drug-likeness (QED) is 0.813. The van der Waals surface area contributed by atoms with Crippen LogP contribution in [-0.2, 0) is 9.47 Å². The Labute approximate surface area is 117 Å². The van der Waals surface area contributed by atoms with Crippen molar-refractivity contribution < 1.29 is 9.47 Å². The molecule has 19 heavy (non-hydrogen) atoms. The van der Waals surface area contributed by atoms with Gasteiger partial charge in [0.2, 0.25) is 17.2 Å². The molecular formula is C11H18ClN5O2. The number of rotatable bonds is 6. The molecule has 0 aliphatic carbocycles. The van der Waals surface area contributed by atoms with Gasteiger partial charge in [0.15, 0.2) is 0 Å². The predicted molar refractivity (Wildman–Crippen MR) is 72.7 cm³/mol. The summed E-state index contributed by atoms with van der Waals surface area (Å²) in [6, 6.07) is 0. The summed E-state index contributed by atoms with van der Waals surface area (Å²) in [6.07, 6.45) is 0.996. The third-order valence-corrected chi connectivity index (χ3v) is 2.68. The first-order valence-corrected chi connectivity index (χ1v) is 6.74. The minimum Gasteiger partial charge on any atom is -0.376 e. The van der Waals surface area contributed by atoms with Gasteiger partial charge in [-0.1, -0.05) is 6.92 Å². The molecule has 1 saturated heterocycles. The molecule has 1 unspecified atom stereocenters. The van der Waals surface area contributed by atoms with E-state index in [0.29, 0.717) is 38.3 Å². The highest BCUT2D eigenvalue weighted by molar-refractivity contribution is 6.28. The number of ether oxygens (including phenoxy) is 2. The number of anilines is 2. The van der Waals surface area contributed by atoms with Crippen LogP contribution in [0.1, 0.15) is 13.3 Å². The molecule has 0 bridgehead atoms. The van der Waals surface area contributed by atoms with Gasteiger partial charge in [0.25, 0.3) is 0 Å². The third-order valence-electron chi connectivity index (χ3n) is 2.51. The van der Waals surface area contributed by atoms with E-state index in [4.69, 9.17) is 21.1 Å². The van der Waals surface area contributed by atoms with Crippen LogP contribution >= 0.6 is 11.6 Å². The molecule has 1 atom stereocenters. The van der Waals surface area contributed by atoms with Gasteiger partial charge in [0.05, 0.1) is 25.9 Å². The summed E-state index contributed by atoms with van der Waals surface area (Å²) in [6.45, 7) is 5.28. The lowest BCUT2D eigenvalue weighted by Gasteiger charge is -2.23. The second-order valence-electron chi connectivity index (χ2n) is 4.13. The molecule has 0 spiro atoms. The predicted octanol–water partition coefficient (Wildman–Crippen LogP) is 1.17. The van der Waals surface area contributed by atoms with Crippen LogP contribution in [0.3, 0.4) is 0 Å². The van der Waals surface area contributed by atoms with Gasteiger partial charge in [0, 0.05) is 13.1 Å². The lowest BCUT2D eigenvalue weighted by Crippen LogP contribution is -2.34. The smallest absolute Gasteiger partial charge is 0.228 e. The molecule has 2 heterocycles. The van der Waals surface area contributed by atoms with E-state index < -0.39 is 0 Å². The van der Waals surface area contributed by atoms with Gasteiger partial charge < -0.3 is 20.1 Å². The van der Waals surface area contributed by atoms with E-state index in [1.165, 1.54) is 0 Å². The van der Waals surface area contributed by atoms with Gasteiger partial charge >= 0.3 is 0 Å². The number of hydrogen-bond donors (Lipinski definition) is 2. The summed E-state index contributed by atoms with van der Waals surface area (Å²) in [4.78, 5) is 12.3. The minimum atomic E-state index is 0.0105. The van der Waals surface area contributed by atoms with E-state index >= 15 is 0 Å². The SMILES string of the molecule is CCCNc1nc(Cl)nc(NCC2COCCO2)n1. The first kappa shape index (κ1) is 14.2. The van der Waals surface area contributed by atoms with E-state index in [2.05, 4.69) is 32.5 Å². The average molecular weight is 288 g/mol. The molecule has 1 aliphatic rings. The Bertz CT molecular complexity index is 401. The fourth-order valence-electron chi connectivity index (χ4n) is 1.60. The average Bonchev–Trinajstić information content (AvgIpc) is 2.43. The van der Waals surface area contributed by atoms with Crippen LogP contribution in [0.4, 0.5) is 11.9 Å². The molecule has 1 aromatic heterocycles. The van der Waals surface area contributed by atoms with E-state index in [1.807, 2.05) is 0 Å². The van der Waals surface area contributed by atoms with Crippen molar-refractivity contribution in [1.82, 2.24) is 15.0 Å². The van der Waals surface area contributed by atoms with Gasteiger partial charge in [-0.2, -0.15) is 15.0 Å². The summed E-state index contributed by atoms with van der Waals surface area (Å²) in [5.74, 6) is 0.915. The van der Waals surface area contributed by atoms with Crippen LogP contribution < -0.4 is 10.6 Å². The van der Waals surface area contributed by atoms with Gasteiger partial charge in [-0.15, -0.1) is 0 Å². The van der Waals surface area contributed by atoms with Crippen molar-refractivity contribution >= 4 is 23.5 Å². The first-order valence-electron chi connectivity index (χ1n) is 6.36. The van der Waals surface area contributed by atoms with Crippen molar-refractivity contribution in [3.05, 3.63) is 5.28 Å². The van der Waals surface area contributed by atoms with E-state index in [-0.39, 0.29) is 11.4 Å². The van der Waals surface area contributed by atoms with E-state index in [0.717, 1.165) is 13.0 Å². The van der Waals surface area contributed by atoms with E-state index in [1.54, 1.807) is 0 Å². The van der Waals surface area contributed by atoms with Crippen molar-refractivity contribution in [2.75, 3.05) is 43.5 Å². The fourth-order valence-corrected chi connectivity index (χ4v) is 1.76. The first-order chi connectivity index (χ1) is 9.28. The second-order valence-corrected chi connectivity index (χ2v) is 4.47. The minimum absolute atomic E-state index is 0.0105. The third kappa shape index (κ3) is 4.77. The van der Waals surface area contributed by atoms with Crippen molar-refractivity contribution in [1.29, 1.82) is 0 Å². The standard InChI is InChI=1S/C11H18ClN5O2/c1-2-3-13-10-15-9(12)16-11(17-10)14-6-8-7-18-4-5-19-8/h8H,2-7H2,1H3,(H2,13,14,15,16,17). The Kier molecular flexibility index (Phi) is 5.56. The fraction of sp³-hybridized carbons (Fsp3) is 0.727. The van der Waals surface area contributed by atoms with Crippen LogP contribution in [0.15, 0.2) is 0 Å².